The highest BCUT2D eigenvalue weighted by molar-refractivity contribution is 7.90. The van der Waals surface area contributed by atoms with E-state index in [2.05, 4.69) is 5.32 Å². The molecule has 0 radical (unpaired) electrons. The van der Waals surface area contributed by atoms with Gasteiger partial charge in [0.2, 0.25) is 0 Å². The van der Waals surface area contributed by atoms with Crippen molar-refractivity contribution < 1.29 is 13.2 Å². The molecule has 0 saturated heterocycles. The Kier molecular flexibility index (Phi) is 4.80. The van der Waals surface area contributed by atoms with E-state index < -0.39 is 16.1 Å². The van der Waals surface area contributed by atoms with Gasteiger partial charge in [0, 0.05) is 6.54 Å². The van der Waals surface area contributed by atoms with Gasteiger partial charge in [-0.3, -0.25) is 0 Å². The van der Waals surface area contributed by atoms with Crippen molar-refractivity contribution in [1.82, 2.24) is 10.0 Å². The van der Waals surface area contributed by atoms with Gasteiger partial charge in [0.25, 0.3) is 10.0 Å². The number of benzene rings is 2. The highest BCUT2D eigenvalue weighted by Gasteiger charge is 2.17. The molecule has 2 rings (SSSR count). The molecule has 0 unspecified atom stereocenters. The van der Waals surface area contributed by atoms with Crippen molar-refractivity contribution in [3.8, 4) is 0 Å². The second-order valence-electron chi connectivity index (χ2n) is 4.72. The van der Waals surface area contributed by atoms with E-state index >= 15 is 0 Å². The fourth-order valence-electron chi connectivity index (χ4n) is 1.93. The molecule has 0 fully saturated rings. The Morgan fingerprint density at radius 2 is 1.81 bits per heavy atom. The molecule has 0 aliphatic carbocycles. The summed E-state index contributed by atoms with van der Waals surface area (Å²) in [5.74, 6) is 0. The molecule has 0 spiro atoms. The quantitative estimate of drug-likeness (QED) is 0.834. The first-order chi connectivity index (χ1) is 10.0. The summed E-state index contributed by atoms with van der Waals surface area (Å²) in [6.45, 7) is 2.45. The van der Waals surface area contributed by atoms with Crippen LogP contribution in [0.15, 0.2) is 47.4 Å². The third-order valence-corrected chi connectivity index (χ3v) is 4.40. The number of hydrogen-bond acceptors (Lipinski definition) is 3. The van der Waals surface area contributed by atoms with E-state index in [1.807, 2.05) is 35.9 Å². The minimum Gasteiger partial charge on any atom is -0.337 e. The Bertz CT molecular complexity index is 741. The van der Waals surface area contributed by atoms with E-state index in [1.54, 1.807) is 12.1 Å². The minimum atomic E-state index is -3.85. The molecule has 112 valence electrons. The molecule has 2 aromatic carbocycles. The van der Waals surface area contributed by atoms with Gasteiger partial charge in [-0.15, -0.1) is 0 Å². The zero-order valence-corrected chi connectivity index (χ0v) is 12.6. The fraction of sp³-hybridized carbons (Fsp3) is 0.267. The summed E-state index contributed by atoms with van der Waals surface area (Å²) in [5.41, 5.74) is 0. The Morgan fingerprint density at radius 1 is 1.10 bits per heavy atom. The molecule has 2 N–H and O–H groups in total. The van der Waals surface area contributed by atoms with Crippen LogP contribution in [0, 0.1) is 0 Å². The zero-order valence-electron chi connectivity index (χ0n) is 11.8. The van der Waals surface area contributed by atoms with E-state index in [0.29, 0.717) is 6.54 Å². The number of unbranched alkanes of at least 4 members (excludes halogenated alkanes) is 1. The number of hydrogen-bond donors (Lipinski definition) is 2. The number of sulfonamides is 1. The number of carbonyl (C=O) groups excluding carboxylic acids is 1. The van der Waals surface area contributed by atoms with E-state index in [-0.39, 0.29) is 4.90 Å². The molecule has 21 heavy (non-hydrogen) atoms. The minimum absolute atomic E-state index is 0.0758. The summed E-state index contributed by atoms with van der Waals surface area (Å²) in [6.07, 6.45) is 1.74. The first-order valence-corrected chi connectivity index (χ1v) is 8.30. The van der Waals surface area contributed by atoms with Crippen molar-refractivity contribution in [3.63, 3.8) is 0 Å². The summed E-state index contributed by atoms with van der Waals surface area (Å²) < 4.78 is 26.3. The molecule has 0 heterocycles. The maximum atomic E-state index is 12.1. The maximum absolute atomic E-state index is 12.1. The number of fused-ring (bicyclic) bond motifs is 1. The van der Waals surface area contributed by atoms with Gasteiger partial charge >= 0.3 is 6.03 Å². The summed E-state index contributed by atoms with van der Waals surface area (Å²) in [4.78, 5) is 11.6. The first-order valence-electron chi connectivity index (χ1n) is 6.82. The lowest BCUT2D eigenvalue weighted by molar-refractivity contribution is 0.245. The molecule has 0 aliphatic rings. The summed E-state index contributed by atoms with van der Waals surface area (Å²) >= 11 is 0. The van der Waals surface area contributed by atoms with Crippen LogP contribution in [0.25, 0.3) is 10.8 Å². The topological polar surface area (TPSA) is 75.3 Å². The van der Waals surface area contributed by atoms with Crippen molar-refractivity contribution in [1.29, 1.82) is 0 Å². The van der Waals surface area contributed by atoms with Crippen molar-refractivity contribution >= 4 is 26.8 Å². The van der Waals surface area contributed by atoms with E-state index in [4.69, 9.17) is 0 Å². The molecule has 0 aromatic heterocycles. The van der Waals surface area contributed by atoms with Gasteiger partial charge in [0.1, 0.15) is 0 Å². The van der Waals surface area contributed by atoms with Gasteiger partial charge < -0.3 is 5.32 Å². The van der Waals surface area contributed by atoms with Crippen LogP contribution in [-0.2, 0) is 10.0 Å². The zero-order chi connectivity index (χ0) is 15.3. The predicted octanol–water partition coefficient (Wildman–Crippen LogP) is 2.63. The normalized spacial score (nSPS) is 11.3. The molecule has 6 heteroatoms. The summed E-state index contributed by atoms with van der Waals surface area (Å²) in [5, 5.41) is 4.28. The second-order valence-corrected chi connectivity index (χ2v) is 6.41. The van der Waals surface area contributed by atoms with E-state index in [1.165, 1.54) is 6.07 Å². The number of urea groups is 1. The molecular formula is C15H18N2O3S. The Hall–Kier alpha value is -2.08. The lowest BCUT2D eigenvalue weighted by Gasteiger charge is -2.09. The van der Waals surface area contributed by atoms with Gasteiger partial charge in [0.15, 0.2) is 0 Å². The smallest absolute Gasteiger partial charge is 0.328 e. The number of nitrogens with one attached hydrogen (secondary N) is 2. The van der Waals surface area contributed by atoms with Crippen molar-refractivity contribution in [2.75, 3.05) is 6.54 Å². The average Bonchev–Trinajstić information content (AvgIpc) is 2.46. The fourth-order valence-corrected chi connectivity index (χ4v) is 2.89. The molecule has 0 atom stereocenters. The largest absolute Gasteiger partial charge is 0.337 e. The lowest BCUT2D eigenvalue weighted by atomic mass is 10.1. The van der Waals surface area contributed by atoms with Crippen LogP contribution >= 0.6 is 0 Å². The Balaban J connectivity index is 2.15. The first kappa shape index (κ1) is 15.3. The van der Waals surface area contributed by atoms with Gasteiger partial charge in [-0.05, 0) is 29.3 Å². The standard InChI is InChI=1S/C15H18N2O3S/c1-2-3-10-16-15(18)17-21(19,20)14-9-8-12-6-4-5-7-13(12)11-14/h4-9,11H,2-3,10H2,1H3,(H2,16,17,18). The van der Waals surface area contributed by atoms with Crippen LogP contribution in [-0.4, -0.2) is 21.0 Å². The SMILES string of the molecule is CCCCNC(=O)NS(=O)(=O)c1ccc2ccccc2c1. The number of carbonyl (C=O) groups is 1. The summed E-state index contributed by atoms with van der Waals surface area (Å²) in [7, 11) is -3.85. The van der Waals surface area contributed by atoms with Crippen LogP contribution in [0.3, 0.4) is 0 Å². The van der Waals surface area contributed by atoms with Crippen molar-refractivity contribution in [3.05, 3.63) is 42.5 Å². The molecule has 2 aromatic rings. The Morgan fingerprint density at radius 3 is 2.52 bits per heavy atom. The molecule has 0 aliphatic heterocycles. The summed E-state index contributed by atoms with van der Waals surface area (Å²) in [6, 6.07) is 11.5. The van der Waals surface area contributed by atoms with E-state index in [0.717, 1.165) is 23.6 Å². The molecule has 0 saturated carbocycles. The highest BCUT2D eigenvalue weighted by Crippen LogP contribution is 2.18. The molecular weight excluding hydrogens is 288 g/mol. The van der Waals surface area contributed by atoms with Crippen LogP contribution < -0.4 is 10.0 Å². The van der Waals surface area contributed by atoms with Crippen LogP contribution in [0.1, 0.15) is 19.8 Å². The van der Waals surface area contributed by atoms with Gasteiger partial charge in [0.05, 0.1) is 4.90 Å². The average molecular weight is 306 g/mol. The van der Waals surface area contributed by atoms with Crippen LogP contribution in [0.5, 0.6) is 0 Å². The third kappa shape index (κ3) is 3.95. The van der Waals surface area contributed by atoms with Crippen LogP contribution in [0.2, 0.25) is 0 Å². The van der Waals surface area contributed by atoms with Gasteiger partial charge in [-0.25, -0.2) is 17.9 Å². The van der Waals surface area contributed by atoms with Crippen molar-refractivity contribution in [2.24, 2.45) is 0 Å². The van der Waals surface area contributed by atoms with Gasteiger partial charge in [-0.2, -0.15) is 0 Å². The second kappa shape index (κ2) is 6.58. The molecule has 0 bridgehead atoms. The number of rotatable bonds is 5. The molecule has 2 amide bonds. The predicted molar refractivity (Wildman–Crippen MR) is 82.6 cm³/mol. The Labute approximate surface area is 124 Å². The van der Waals surface area contributed by atoms with Crippen molar-refractivity contribution in [2.45, 2.75) is 24.7 Å². The molecule has 5 nitrogen and oxygen atoms in total. The monoisotopic (exact) mass is 306 g/mol. The van der Waals surface area contributed by atoms with E-state index in [9.17, 15) is 13.2 Å². The highest BCUT2D eigenvalue weighted by atomic mass is 32.2. The maximum Gasteiger partial charge on any atom is 0.328 e. The van der Waals surface area contributed by atoms with Gasteiger partial charge in [-0.1, -0.05) is 43.7 Å². The number of amides is 2. The lowest BCUT2D eigenvalue weighted by Crippen LogP contribution is -2.39. The third-order valence-electron chi connectivity index (χ3n) is 3.07. The van der Waals surface area contributed by atoms with Crippen LogP contribution in [0.4, 0.5) is 4.79 Å².